The van der Waals surface area contributed by atoms with E-state index in [0.29, 0.717) is 18.4 Å². The van der Waals surface area contributed by atoms with Gasteiger partial charge in [-0.15, -0.1) is 0 Å². The highest BCUT2D eigenvalue weighted by atomic mass is 16.4. The minimum Gasteiger partial charge on any atom is -0.481 e. The monoisotopic (exact) mass is 363 g/mol. The van der Waals surface area contributed by atoms with E-state index in [1.165, 1.54) is 0 Å². The summed E-state index contributed by atoms with van der Waals surface area (Å²) >= 11 is 0. The molecule has 2 saturated heterocycles. The molecule has 27 heavy (non-hydrogen) atoms. The van der Waals surface area contributed by atoms with Gasteiger partial charge in [0.15, 0.2) is 0 Å². The van der Waals surface area contributed by atoms with Crippen molar-refractivity contribution in [2.45, 2.75) is 51.6 Å². The molecule has 2 aliphatic heterocycles. The lowest BCUT2D eigenvalue weighted by atomic mass is 9.72. The number of rotatable bonds is 4. The van der Waals surface area contributed by atoms with Crippen LogP contribution in [-0.2, 0) is 4.79 Å². The number of carbonyl (C=O) groups is 2. The van der Waals surface area contributed by atoms with Gasteiger partial charge in [-0.25, -0.2) is 0 Å². The zero-order chi connectivity index (χ0) is 19.2. The highest BCUT2D eigenvalue weighted by Gasteiger charge is 2.60. The summed E-state index contributed by atoms with van der Waals surface area (Å²) in [6.07, 6.45) is 2.82. The first kappa shape index (κ1) is 17.8. The van der Waals surface area contributed by atoms with Crippen LogP contribution in [0.4, 0.5) is 0 Å². The van der Waals surface area contributed by atoms with Crippen molar-refractivity contribution in [1.29, 1.82) is 0 Å². The third-order valence-electron chi connectivity index (χ3n) is 6.52. The number of amides is 1. The number of aliphatic carboxylic acids is 1. The van der Waals surface area contributed by atoms with Crippen molar-refractivity contribution in [2.24, 2.45) is 5.41 Å². The Morgan fingerprint density at radius 1 is 1.15 bits per heavy atom. The number of carbonyl (C=O) groups excluding carboxylic acids is 1. The Bertz CT molecular complexity index is 906. The number of carboxylic acid groups (broad SMARTS) is 1. The van der Waals surface area contributed by atoms with Gasteiger partial charge in [-0.1, -0.05) is 55.0 Å². The van der Waals surface area contributed by atoms with Gasteiger partial charge in [0.2, 0.25) is 0 Å². The fourth-order valence-electron chi connectivity index (χ4n) is 5.12. The molecule has 1 N–H and O–H groups in total. The fourth-order valence-corrected chi connectivity index (χ4v) is 5.12. The lowest BCUT2D eigenvalue weighted by Crippen LogP contribution is -2.44. The summed E-state index contributed by atoms with van der Waals surface area (Å²) in [5.41, 5.74) is 2.95. The summed E-state index contributed by atoms with van der Waals surface area (Å²) < 4.78 is 0. The zero-order valence-electron chi connectivity index (χ0n) is 15.8. The predicted molar refractivity (Wildman–Crippen MR) is 105 cm³/mol. The van der Waals surface area contributed by atoms with Crippen molar-refractivity contribution in [3.63, 3.8) is 0 Å². The maximum absolute atomic E-state index is 13.5. The van der Waals surface area contributed by atoms with E-state index in [1.54, 1.807) is 0 Å². The van der Waals surface area contributed by atoms with Crippen LogP contribution in [0.1, 0.15) is 48.5 Å². The summed E-state index contributed by atoms with van der Waals surface area (Å²) in [4.78, 5) is 27.5. The summed E-state index contributed by atoms with van der Waals surface area (Å²) in [5.74, 6) is -0.793. The van der Waals surface area contributed by atoms with Crippen LogP contribution in [0.2, 0.25) is 0 Å². The zero-order valence-corrected chi connectivity index (χ0v) is 15.8. The second kappa shape index (κ2) is 6.52. The Morgan fingerprint density at radius 2 is 1.93 bits per heavy atom. The van der Waals surface area contributed by atoms with Crippen LogP contribution in [0, 0.1) is 12.3 Å². The molecule has 0 unspecified atom stereocenters. The van der Waals surface area contributed by atoms with Crippen molar-refractivity contribution < 1.29 is 14.7 Å². The molecule has 4 heteroatoms. The number of hydrogen-bond donors (Lipinski definition) is 1. The Labute approximate surface area is 159 Å². The van der Waals surface area contributed by atoms with E-state index in [1.807, 2.05) is 61.2 Å². The molecule has 3 atom stereocenters. The Balaban J connectivity index is 1.74. The maximum atomic E-state index is 13.5. The van der Waals surface area contributed by atoms with Crippen LogP contribution in [0.25, 0.3) is 11.1 Å². The quantitative estimate of drug-likeness (QED) is 0.869. The van der Waals surface area contributed by atoms with Gasteiger partial charge in [-0.3, -0.25) is 9.59 Å². The number of aryl methyl sites for hydroxylation is 1. The lowest BCUT2D eigenvalue weighted by molar-refractivity contribution is -0.151. The van der Waals surface area contributed by atoms with Gasteiger partial charge in [0.25, 0.3) is 5.91 Å². The lowest BCUT2D eigenvalue weighted by Gasteiger charge is -2.32. The summed E-state index contributed by atoms with van der Waals surface area (Å²) in [6.45, 7) is 3.97. The van der Waals surface area contributed by atoms with Gasteiger partial charge in [0.1, 0.15) is 0 Å². The molecule has 1 amide bonds. The topological polar surface area (TPSA) is 57.6 Å². The SMILES string of the molecule is CC[C@@]1(C(=O)O)C[C@@H]2CC[C@H]1N2C(=O)c1ccccc1-c1cccc(C)c1. The minimum atomic E-state index is -0.795. The molecule has 0 spiro atoms. The molecule has 2 fully saturated rings. The molecule has 2 aromatic carbocycles. The van der Waals surface area contributed by atoms with E-state index in [-0.39, 0.29) is 18.0 Å². The fraction of sp³-hybridized carbons (Fsp3) is 0.391. The largest absolute Gasteiger partial charge is 0.481 e. The average molecular weight is 363 g/mol. The van der Waals surface area contributed by atoms with Crippen molar-refractivity contribution in [1.82, 2.24) is 4.90 Å². The van der Waals surface area contributed by atoms with Crippen molar-refractivity contribution in [3.8, 4) is 11.1 Å². The highest BCUT2D eigenvalue weighted by Crippen LogP contribution is 2.52. The maximum Gasteiger partial charge on any atom is 0.311 e. The van der Waals surface area contributed by atoms with E-state index in [9.17, 15) is 14.7 Å². The molecule has 0 aliphatic carbocycles. The molecule has 2 bridgehead atoms. The number of hydrogen-bond acceptors (Lipinski definition) is 2. The summed E-state index contributed by atoms with van der Waals surface area (Å²) in [7, 11) is 0. The van der Waals surface area contributed by atoms with Gasteiger partial charge in [0, 0.05) is 17.6 Å². The minimum absolute atomic E-state index is 0.0313. The van der Waals surface area contributed by atoms with Gasteiger partial charge in [-0.2, -0.15) is 0 Å². The normalized spacial score (nSPS) is 26.4. The molecule has 2 heterocycles. The first-order valence-electron chi connectivity index (χ1n) is 9.70. The van der Waals surface area contributed by atoms with Gasteiger partial charge in [0.05, 0.1) is 5.41 Å². The molecule has 0 radical (unpaired) electrons. The van der Waals surface area contributed by atoms with Crippen LogP contribution in [0.3, 0.4) is 0 Å². The van der Waals surface area contributed by atoms with Crippen molar-refractivity contribution in [3.05, 3.63) is 59.7 Å². The molecule has 0 saturated carbocycles. The number of nitrogens with zero attached hydrogens (tertiary/aromatic N) is 1. The Hall–Kier alpha value is -2.62. The number of benzene rings is 2. The van der Waals surface area contributed by atoms with Crippen LogP contribution >= 0.6 is 0 Å². The van der Waals surface area contributed by atoms with E-state index in [2.05, 4.69) is 6.07 Å². The first-order valence-corrected chi connectivity index (χ1v) is 9.70. The average Bonchev–Trinajstić information content (AvgIpc) is 3.24. The Morgan fingerprint density at radius 3 is 2.59 bits per heavy atom. The van der Waals surface area contributed by atoms with Crippen molar-refractivity contribution in [2.75, 3.05) is 0 Å². The van der Waals surface area contributed by atoms with Gasteiger partial charge < -0.3 is 10.0 Å². The van der Waals surface area contributed by atoms with Gasteiger partial charge in [-0.05, 0) is 49.8 Å². The van der Waals surface area contributed by atoms with Crippen LogP contribution in [0.15, 0.2) is 48.5 Å². The van der Waals surface area contributed by atoms with Crippen LogP contribution < -0.4 is 0 Å². The number of fused-ring (bicyclic) bond motifs is 2. The third-order valence-corrected chi connectivity index (χ3v) is 6.52. The molecule has 0 aromatic heterocycles. The molecule has 2 aliphatic rings. The van der Waals surface area contributed by atoms with Crippen LogP contribution in [0.5, 0.6) is 0 Å². The van der Waals surface area contributed by atoms with Crippen molar-refractivity contribution >= 4 is 11.9 Å². The summed E-state index contributed by atoms with van der Waals surface area (Å²) in [5, 5.41) is 9.88. The molecular formula is C23H25NO3. The van der Waals surface area contributed by atoms with Gasteiger partial charge >= 0.3 is 5.97 Å². The molecular weight excluding hydrogens is 338 g/mol. The smallest absolute Gasteiger partial charge is 0.311 e. The van der Waals surface area contributed by atoms with E-state index >= 15 is 0 Å². The first-order chi connectivity index (χ1) is 13.0. The standard InChI is InChI=1S/C23H25NO3/c1-3-23(22(26)27)14-17-11-12-20(23)24(17)21(25)19-10-5-4-9-18(19)16-8-6-7-15(2)13-16/h4-10,13,17,20H,3,11-12,14H2,1-2H3,(H,26,27)/t17-,20+,23+/m0/s1. The molecule has 2 aromatic rings. The predicted octanol–water partition coefficient (Wildman–Crippen LogP) is 4.52. The second-order valence-electron chi connectivity index (χ2n) is 7.89. The van der Waals surface area contributed by atoms with Crippen LogP contribution in [-0.4, -0.2) is 34.0 Å². The number of carboxylic acids is 1. The summed E-state index contributed by atoms with van der Waals surface area (Å²) in [6, 6.07) is 15.6. The highest BCUT2D eigenvalue weighted by molar-refractivity contribution is 6.02. The Kier molecular flexibility index (Phi) is 4.29. The molecule has 4 nitrogen and oxygen atoms in total. The van der Waals surface area contributed by atoms with E-state index < -0.39 is 11.4 Å². The molecule has 4 rings (SSSR count). The van der Waals surface area contributed by atoms with E-state index in [0.717, 1.165) is 29.5 Å². The molecule has 140 valence electrons. The van der Waals surface area contributed by atoms with E-state index in [4.69, 9.17) is 0 Å². The third kappa shape index (κ3) is 2.66. The second-order valence-corrected chi connectivity index (χ2v) is 7.89.